The third-order valence-electron chi connectivity index (χ3n) is 5.10. The molecule has 3 N–H and O–H groups in total. The van der Waals surface area contributed by atoms with E-state index in [4.69, 9.17) is 9.47 Å². The molecule has 0 unspecified atom stereocenters. The fourth-order valence-electron chi connectivity index (χ4n) is 3.19. The number of benzene rings is 3. The normalized spacial score (nSPS) is 10.9. The highest BCUT2D eigenvalue weighted by Gasteiger charge is 2.13. The van der Waals surface area contributed by atoms with Gasteiger partial charge in [-0.15, -0.1) is 0 Å². The Hall–Kier alpha value is -4.59. The lowest BCUT2D eigenvalue weighted by atomic mass is 10.1. The minimum atomic E-state index is -0.463. The number of aromatic nitrogens is 2. The van der Waals surface area contributed by atoms with Crippen LogP contribution in [0.15, 0.2) is 77.9 Å². The highest BCUT2D eigenvalue weighted by Crippen LogP contribution is 2.32. The molecule has 0 aliphatic rings. The lowest BCUT2D eigenvalue weighted by molar-refractivity contribution is 0.0950. The van der Waals surface area contributed by atoms with Crippen LogP contribution >= 0.6 is 0 Å². The van der Waals surface area contributed by atoms with Crippen molar-refractivity contribution in [3.8, 4) is 28.5 Å². The Morgan fingerprint density at radius 1 is 1.09 bits per heavy atom. The number of nitrogens with zero attached hydrogens (tertiary/aromatic N) is 2. The average Bonchev–Trinajstić information content (AvgIpc) is 3.35. The molecule has 0 saturated heterocycles. The SMILES string of the molecule is COc1cc(-c2cc(C(=O)N/N=C\c3ccccc3O)[nH]n2)ccc1OCc1ccc(C)cc1. The van der Waals surface area contributed by atoms with Gasteiger partial charge in [-0.25, -0.2) is 5.43 Å². The molecule has 0 saturated carbocycles. The maximum Gasteiger partial charge on any atom is 0.289 e. The van der Waals surface area contributed by atoms with Crippen molar-refractivity contribution >= 4 is 12.1 Å². The predicted octanol–water partition coefficient (Wildman–Crippen LogP) is 4.44. The van der Waals surface area contributed by atoms with Crippen LogP contribution in [0.3, 0.4) is 0 Å². The zero-order valence-corrected chi connectivity index (χ0v) is 18.8. The number of methoxy groups -OCH3 is 1. The third-order valence-corrected chi connectivity index (χ3v) is 5.10. The lowest BCUT2D eigenvalue weighted by Gasteiger charge is -2.12. The first-order valence-corrected chi connectivity index (χ1v) is 10.6. The van der Waals surface area contributed by atoms with Gasteiger partial charge in [0.2, 0.25) is 0 Å². The molecule has 0 fully saturated rings. The zero-order chi connectivity index (χ0) is 23.9. The van der Waals surface area contributed by atoms with E-state index in [0.29, 0.717) is 29.4 Å². The molecule has 0 atom stereocenters. The van der Waals surface area contributed by atoms with Crippen molar-refractivity contribution in [1.82, 2.24) is 15.6 Å². The van der Waals surface area contributed by atoms with Gasteiger partial charge in [-0.2, -0.15) is 10.2 Å². The Balaban J connectivity index is 1.42. The number of ether oxygens (including phenoxy) is 2. The van der Waals surface area contributed by atoms with Crippen molar-refractivity contribution in [3.63, 3.8) is 0 Å². The number of H-pyrrole nitrogens is 1. The molecule has 8 heteroatoms. The number of carbonyl (C=O) groups excluding carboxylic acids is 1. The number of nitrogens with one attached hydrogen (secondary N) is 2. The predicted molar refractivity (Wildman–Crippen MR) is 129 cm³/mol. The summed E-state index contributed by atoms with van der Waals surface area (Å²) >= 11 is 0. The number of phenols is 1. The molecule has 4 rings (SSSR count). The lowest BCUT2D eigenvalue weighted by Crippen LogP contribution is -2.18. The van der Waals surface area contributed by atoms with Crippen molar-refractivity contribution in [2.45, 2.75) is 13.5 Å². The first-order valence-electron chi connectivity index (χ1n) is 10.6. The quantitative estimate of drug-likeness (QED) is 0.268. The highest BCUT2D eigenvalue weighted by atomic mass is 16.5. The van der Waals surface area contributed by atoms with Gasteiger partial charge in [0.1, 0.15) is 18.1 Å². The maximum absolute atomic E-state index is 12.4. The van der Waals surface area contributed by atoms with Crippen LogP contribution in [0.4, 0.5) is 0 Å². The number of aromatic amines is 1. The fraction of sp³-hybridized carbons (Fsp3) is 0.115. The van der Waals surface area contributed by atoms with E-state index in [9.17, 15) is 9.90 Å². The van der Waals surface area contributed by atoms with Gasteiger partial charge in [-0.3, -0.25) is 9.89 Å². The van der Waals surface area contributed by atoms with Gasteiger partial charge in [-0.1, -0.05) is 42.0 Å². The van der Waals surface area contributed by atoms with Gasteiger partial charge < -0.3 is 14.6 Å². The van der Waals surface area contributed by atoms with Crippen molar-refractivity contribution in [2.24, 2.45) is 5.10 Å². The summed E-state index contributed by atoms with van der Waals surface area (Å²) in [6.07, 6.45) is 1.37. The number of carbonyl (C=O) groups is 1. The van der Waals surface area contributed by atoms with Gasteiger partial charge in [0.05, 0.1) is 19.0 Å². The molecule has 1 amide bonds. The average molecular weight is 457 g/mol. The van der Waals surface area contributed by atoms with Gasteiger partial charge in [0.15, 0.2) is 11.5 Å². The number of phenolic OH excluding ortho intramolecular Hbond substituents is 1. The molecule has 0 aliphatic heterocycles. The van der Waals surface area contributed by atoms with Crippen LogP contribution < -0.4 is 14.9 Å². The number of amides is 1. The monoisotopic (exact) mass is 456 g/mol. The number of hydrogen-bond donors (Lipinski definition) is 3. The molecule has 172 valence electrons. The minimum absolute atomic E-state index is 0.0737. The smallest absolute Gasteiger partial charge is 0.289 e. The Labute approximate surface area is 196 Å². The standard InChI is InChI=1S/C26H24N4O4/c1-17-7-9-18(10-8-17)16-34-24-12-11-19(13-25(24)33-2)21-14-22(29-28-21)26(32)30-27-15-20-5-3-4-6-23(20)31/h3-15,31H,16H2,1-2H3,(H,28,29)(H,30,32)/b27-15-. The maximum atomic E-state index is 12.4. The Morgan fingerprint density at radius 2 is 1.88 bits per heavy atom. The molecule has 0 aliphatic carbocycles. The number of aryl methyl sites for hydroxylation is 1. The molecular formula is C26H24N4O4. The van der Waals surface area contributed by atoms with E-state index >= 15 is 0 Å². The topological polar surface area (TPSA) is 109 Å². The van der Waals surface area contributed by atoms with Crippen LogP contribution in [0.5, 0.6) is 17.2 Å². The van der Waals surface area contributed by atoms with E-state index in [-0.39, 0.29) is 11.4 Å². The molecule has 8 nitrogen and oxygen atoms in total. The van der Waals surface area contributed by atoms with Gasteiger partial charge in [0.25, 0.3) is 5.91 Å². The second kappa shape index (κ2) is 10.4. The number of hydrogen-bond acceptors (Lipinski definition) is 6. The first-order chi connectivity index (χ1) is 16.5. The largest absolute Gasteiger partial charge is 0.507 e. The second-order valence-corrected chi connectivity index (χ2v) is 7.56. The van der Waals surface area contributed by atoms with Crippen molar-refractivity contribution in [2.75, 3.05) is 7.11 Å². The summed E-state index contributed by atoms with van der Waals surface area (Å²) in [5.41, 5.74) is 6.72. The fourth-order valence-corrected chi connectivity index (χ4v) is 3.19. The number of aromatic hydroxyl groups is 1. The Kier molecular flexibility index (Phi) is 6.88. The molecule has 3 aromatic carbocycles. The minimum Gasteiger partial charge on any atom is -0.507 e. The summed E-state index contributed by atoms with van der Waals surface area (Å²) in [5.74, 6) is 0.782. The van der Waals surface area contributed by atoms with Gasteiger partial charge >= 0.3 is 0 Å². The molecule has 0 spiro atoms. The van der Waals surface area contributed by atoms with E-state index in [1.807, 2.05) is 43.3 Å². The summed E-state index contributed by atoms with van der Waals surface area (Å²) in [4.78, 5) is 12.4. The summed E-state index contributed by atoms with van der Waals surface area (Å²) in [6.45, 7) is 2.46. The molecule has 4 aromatic rings. The number of rotatable bonds is 8. The van der Waals surface area contributed by atoms with Crippen LogP contribution in [0.2, 0.25) is 0 Å². The zero-order valence-electron chi connectivity index (χ0n) is 18.8. The van der Waals surface area contributed by atoms with Crippen molar-refractivity contribution in [1.29, 1.82) is 0 Å². The molecule has 1 heterocycles. The Bertz CT molecular complexity index is 1310. The van der Waals surface area contributed by atoms with Crippen LogP contribution in [0.25, 0.3) is 11.3 Å². The highest BCUT2D eigenvalue weighted by molar-refractivity contribution is 5.94. The van der Waals surface area contributed by atoms with Crippen LogP contribution in [0, 0.1) is 6.92 Å². The van der Waals surface area contributed by atoms with Gasteiger partial charge in [0, 0.05) is 11.1 Å². The van der Waals surface area contributed by atoms with E-state index < -0.39 is 5.91 Å². The molecule has 34 heavy (non-hydrogen) atoms. The van der Waals surface area contributed by atoms with Crippen LogP contribution in [0.1, 0.15) is 27.2 Å². The first kappa shape index (κ1) is 22.6. The summed E-state index contributed by atoms with van der Waals surface area (Å²) in [6, 6.07) is 21.9. The molecule has 0 bridgehead atoms. The van der Waals surface area contributed by atoms with Crippen LogP contribution in [-0.4, -0.2) is 34.5 Å². The van der Waals surface area contributed by atoms with Crippen molar-refractivity contribution < 1.29 is 19.4 Å². The number of hydrazone groups is 1. The molecule has 1 aromatic heterocycles. The van der Waals surface area contributed by atoms with Crippen molar-refractivity contribution in [3.05, 3.63) is 95.2 Å². The van der Waals surface area contributed by atoms with E-state index in [0.717, 1.165) is 11.1 Å². The van der Waals surface area contributed by atoms with E-state index in [1.54, 1.807) is 37.4 Å². The third kappa shape index (κ3) is 5.42. The molecular weight excluding hydrogens is 432 g/mol. The van der Waals surface area contributed by atoms with E-state index in [2.05, 4.69) is 20.7 Å². The second-order valence-electron chi connectivity index (χ2n) is 7.56. The van der Waals surface area contributed by atoms with Gasteiger partial charge in [-0.05, 0) is 48.9 Å². The van der Waals surface area contributed by atoms with E-state index in [1.165, 1.54) is 17.8 Å². The van der Waals surface area contributed by atoms with Crippen LogP contribution in [-0.2, 0) is 6.61 Å². The number of para-hydroxylation sites is 1. The summed E-state index contributed by atoms with van der Waals surface area (Å²) in [7, 11) is 1.57. The molecule has 0 radical (unpaired) electrons. The Morgan fingerprint density at radius 3 is 2.65 bits per heavy atom. The summed E-state index contributed by atoms with van der Waals surface area (Å²) in [5, 5.41) is 20.6. The summed E-state index contributed by atoms with van der Waals surface area (Å²) < 4.78 is 11.4.